The highest BCUT2D eigenvalue weighted by Gasteiger charge is 2.26. The molecule has 1 fully saturated rings. The summed E-state index contributed by atoms with van der Waals surface area (Å²) in [6.45, 7) is 5.13. The van der Waals surface area contributed by atoms with E-state index in [9.17, 15) is 0 Å². The molecule has 3 nitrogen and oxygen atoms in total. The minimum absolute atomic E-state index is 0.711. The van der Waals surface area contributed by atoms with Gasteiger partial charge in [-0.1, -0.05) is 54.4 Å². The highest BCUT2D eigenvalue weighted by molar-refractivity contribution is 5.87. The van der Waals surface area contributed by atoms with Crippen LogP contribution in [-0.2, 0) is 13.0 Å². The number of aryl methyl sites for hydroxylation is 2. The summed E-state index contributed by atoms with van der Waals surface area (Å²) in [7, 11) is 0. The molecule has 0 bridgehead atoms. The molecular formula is C25H33N3. The van der Waals surface area contributed by atoms with Gasteiger partial charge in [0.25, 0.3) is 0 Å². The first-order valence-electron chi connectivity index (χ1n) is 10.9. The normalized spacial score (nSPS) is 21.9. The topological polar surface area (TPSA) is 41.6 Å². The number of rotatable bonds is 6. The zero-order valence-electron chi connectivity index (χ0n) is 17.1. The number of nitrogens with zero attached hydrogens (tertiary/aromatic N) is 2. The Bertz CT molecular complexity index is 812. The molecule has 2 aromatic rings. The zero-order chi connectivity index (χ0) is 19.3. The molecule has 0 radical (unpaired) electrons. The third-order valence-corrected chi connectivity index (χ3v) is 6.39. The Balaban J connectivity index is 1.52. The summed E-state index contributed by atoms with van der Waals surface area (Å²) in [5.74, 6) is 2.72. The predicted molar refractivity (Wildman–Crippen MR) is 118 cm³/mol. The summed E-state index contributed by atoms with van der Waals surface area (Å²) in [6.07, 6.45) is 7.30. The minimum Gasteiger partial charge on any atom is -0.355 e. The minimum atomic E-state index is 0.711. The third kappa shape index (κ3) is 4.64. The van der Waals surface area contributed by atoms with Gasteiger partial charge in [-0.2, -0.15) is 0 Å². The quantitative estimate of drug-likeness (QED) is 0.750. The van der Waals surface area contributed by atoms with Crippen molar-refractivity contribution in [3.63, 3.8) is 0 Å². The fourth-order valence-electron chi connectivity index (χ4n) is 4.84. The van der Waals surface area contributed by atoms with Gasteiger partial charge in [0.2, 0.25) is 0 Å². The standard InChI is InChI=1S/C25H33N3/c1-19-10-12-24-23(14-19)18-28(17-22-9-5-8-21(15-22)16-26)25(27-24)13-11-20-6-3-2-4-7-20/h2-4,6-7,10,12,14,21-22H,5,8-9,11,13,15-18,26H2,1H3. The van der Waals surface area contributed by atoms with Crippen LogP contribution >= 0.6 is 0 Å². The van der Waals surface area contributed by atoms with Crippen LogP contribution in [-0.4, -0.2) is 23.8 Å². The first kappa shape index (κ1) is 19.2. The summed E-state index contributed by atoms with van der Waals surface area (Å²) < 4.78 is 0. The Morgan fingerprint density at radius 3 is 2.68 bits per heavy atom. The van der Waals surface area contributed by atoms with Crippen LogP contribution < -0.4 is 5.73 Å². The second kappa shape index (κ2) is 8.91. The van der Waals surface area contributed by atoms with E-state index in [1.54, 1.807) is 0 Å². The van der Waals surface area contributed by atoms with Crippen molar-refractivity contribution < 1.29 is 0 Å². The van der Waals surface area contributed by atoms with Crippen molar-refractivity contribution >= 4 is 11.5 Å². The molecule has 0 aromatic heterocycles. The molecular weight excluding hydrogens is 342 g/mol. The Hall–Kier alpha value is -2.13. The van der Waals surface area contributed by atoms with Gasteiger partial charge in [-0.05, 0) is 68.2 Å². The second-order valence-corrected chi connectivity index (χ2v) is 8.66. The lowest BCUT2D eigenvalue weighted by molar-refractivity contribution is 0.219. The summed E-state index contributed by atoms with van der Waals surface area (Å²) >= 11 is 0. The largest absolute Gasteiger partial charge is 0.355 e. The lowest BCUT2D eigenvalue weighted by Gasteiger charge is -2.36. The maximum absolute atomic E-state index is 5.98. The van der Waals surface area contributed by atoms with E-state index < -0.39 is 0 Å². The second-order valence-electron chi connectivity index (χ2n) is 8.66. The molecule has 4 rings (SSSR count). The first-order valence-corrected chi connectivity index (χ1v) is 10.9. The molecule has 2 aliphatic rings. The number of fused-ring (bicyclic) bond motifs is 1. The Morgan fingerprint density at radius 2 is 1.86 bits per heavy atom. The van der Waals surface area contributed by atoms with Crippen LogP contribution in [0, 0.1) is 18.8 Å². The van der Waals surface area contributed by atoms with Crippen molar-refractivity contribution in [1.82, 2.24) is 4.90 Å². The molecule has 1 heterocycles. The Morgan fingerprint density at radius 1 is 1.04 bits per heavy atom. The Labute approximate surface area is 169 Å². The van der Waals surface area contributed by atoms with E-state index >= 15 is 0 Å². The van der Waals surface area contributed by atoms with Crippen LogP contribution in [0.15, 0.2) is 53.5 Å². The van der Waals surface area contributed by atoms with Crippen molar-refractivity contribution in [2.45, 2.75) is 52.0 Å². The highest BCUT2D eigenvalue weighted by Crippen LogP contribution is 2.33. The van der Waals surface area contributed by atoms with E-state index in [4.69, 9.17) is 10.7 Å². The van der Waals surface area contributed by atoms with Gasteiger partial charge in [0.1, 0.15) is 5.84 Å². The van der Waals surface area contributed by atoms with Crippen molar-refractivity contribution in [2.24, 2.45) is 22.6 Å². The lowest BCUT2D eigenvalue weighted by Crippen LogP contribution is -2.38. The van der Waals surface area contributed by atoms with Gasteiger partial charge < -0.3 is 10.6 Å². The van der Waals surface area contributed by atoms with Crippen LogP contribution in [0.25, 0.3) is 0 Å². The van der Waals surface area contributed by atoms with Crippen molar-refractivity contribution in [3.05, 3.63) is 65.2 Å². The summed E-state index contributed by atoms with van der Waals surface area (Å²) in [5, 5.41) is 0. The number of amidine groups is 1. The number of hydrogen-bond donors (Lipinski definition) is 1. The van der Waals surface area contributed by atoms with E-state index in [-0.39, 0.29) is 0 Å². The molecule has 0 spiro atoms. The number of benzene rings is 2. The molecule has 3 heteroatoms. The van der Waals surface area contributed by atoms with Gasteiger partial charge in [0.05, 0.1) is 5.69 Å². The van der Waals surface area contributed by atoms with Gasteiger partial charge in [0, 0.05) is 19.5 Å². The molecule has 0 saturated heterocycles. The third-order valence-electron chi connectivity index (χ3n) is 6.39. The molecule has 148 valence electrons. The van der Waals surface area contributed by atoms with Gasteiger partial charge >= 0.3 is 0 Å². The lowest BCUT2D eigenvalue weighted by atomic mass is 9.81. The molecule has 1 aliphatic carbocycles. The van der Waals surface area contributed by atoms with E-state index in [1.165, 1.54) is 48.2 Å². The summed E-state index contributed by atoms with van der Waals surface area (Å²) in [6, 6.07) is 17.5. The molecule has 2 atom stereocenters. The fraction of sp³-hybridized carbons (Fsp3) is 0.480. The van der Waals surface area contributed by atoms with Gasteiger partial charge in [-0.3, -0.25) is 0 Å². The molecule has 0 amide bonds. The molecule has 28 heavy (non-hydrogen) atoms. The van der Waals surface area contributed by atoms with Crippen LogP contribution in [0.1, 0.15) is 48.8 Å². The predicted octanol–water partition coefficient (Wildman–Crippen LogP) is 5.24. The van der Waals surface area contributed by atoms with Crippen LogP contribution in [0.3, 0.4) is 0 Å². The molecule has 2 N–H and O–H groups in total. The van der Waals surface area contributed by atoms with Crippen LogP contribution in [0.2, 0.25) is 0 Å². The van der Waals surface area contributed by atoms with E-state index in [2.05, 4.69) is 60.4 Å². The molecule has 2 aromatic carbocycles. The Kier molecular flexibility index (Phi) is 6.11. The number of nitrogens with two attached hydrogens (primary N) is 1. The average molecular weight is 376 g/mol. The maximum Gasteiger partial charge on any atom is 0.105 e. The van der Waals surface area contributed by atoms with E-state index in [0.717, 1.165) is 44.1 Å². The molecule has 1 saturated carbocycles. The van der Waals surface area contributed by atoms with Gasteiger partial charge in [-0.25, -0.2) is 4.99 Å². The molecule has 2 unspecified atom stereocenters. The summed E-state index contributed by atoms with van der Waals surface area (Å²) in [5.41, 5.74) is 11.2. The van der Waals surface area contributed by atoms with Crippen molar-refractivity contribution in [3.8, 4) is 0 Å². The zero-order valence-corrected chi connectivity index (χ0v) is 17.1. The van der Waals surface area contributed by atoms with Gasteiger partial charge in [0.15, 0.2) is 0 Å². The smallest absolute Gasteiger partial charge is 0.105 e. The van der Waals surface area contributed by atoms with E-state index in [1.807, 2.05) is 0 Å². The fourth-order valence-corrected chi connectivity index (χ4v) is 4.84. The van der Waals surface area contributed by atoms with E-state index in [0.29, 0.717) is 5.92 Å². The highest BCUT2D eigenvalue weighted by atomic mass is 15.2. The van der Waals surface area contributed by atoms with Gasteiger partial charge in [-0.15, -0.1) is 0 Å². The number of aliphatic imine (C=N–C) groups is 1. The molecule has 1 aliphatic heterocycles. The monoisotopic (exact) mass is 375 g/mol. The maximum atomic E-state index is 5.98. The average Bonchev–Trinajstić information content (AvgIpc) is 2.73. The van der Waals surface area contributed by atoms with Crippen LogP contribution in [0.5, 0.6) is 0 Å². The van der Waals surface area contributed by atoms with Crippen molar-refractivity contribution in [1.29, 1.82) is 0 Å². The SMILES string of the molecule is Cc1ccc2c(c1)CN(CC1CCCC(CN)C1)C(CCc1ccccc1)=N2. The first-order chi connectivity index (χ1) is 13.7. The van der Waals surface area contributed by atoms with Crippen molar-refractivity contribution in [2.75, 3.05) is 13.1 Å². The number of hydrogen-bond acceptors (Lipinski definition) is 3. The summed E-state index contributed by atoms with van der Waals surface area (Å²) in [4.78, 5) is 7.67. The van der Waals surface area contributed by atoms with Crippen LogP contribution in [0.4, 0.5) is 5.69 Å².